The molecule has 0 saturated carbocycles. The molecule has 0 fully saturated rings. The number of halogens is 1. The summed E-state index contributed by atoms with van der Waals surface area (Å²) in [5, 5.41) is 12.8. The van der Waals surface area contributed by atoms with E-state index in [-0.39, 0.29) is 12.4 Å². The van der Waals surface area contributed by atoms with Gasteiger partial charge in [-0.2, -0.15) is 4.57 Å². The Morgan fingerprint density at radius 3 is 2.88 bits per heavy atom. The van der Waals surface area contributed by atoms with Crippen molar-refractivity contribution in [3.8, 4) is 0 Å². The number of benzene rings is 1. The van der Waals surface area contributed by atoms with Crippen LogP contribution in [0.1, 0.15) is 24.8 Å². The standard InChI is InChI=1S/C12H14N2OS.ClH/c1-2-3-8-14-10-6-4-5-7-11(10)16-12(14)9-13-15;/h4-7,9H,2-3,8H2,1H3;1H. The van der Waals surface area contributed by atoms with Crippen molar-refractivity contribution in [3.05, 3.63) is 29.3 Å². The summed E-state index contributed by atoms with van der Waals surface area (Å²) >= 11 is 1.65. The highest BCUT2D eigenvalue weighted by atomic mass is 35.5. The number of hydrogen-bond donors (Lipinski definition) is 1. The first-order chi connectivity index (χ1) is 7.86. The second kappa shape index (κ2) is 6.57. The zero-order valence-electron chi connectivity index (χ0n) is 9.64. The number of hydrogen-bond acceptors (Lipinski definition) is 3. The van der Waals surface area contributed by atoms with E-state index in [2.05, 4.69) is 28.8 Å². The summed E-state index contributed by atoms with van der Waals surface area (Å²) in [6, 6.07) is 8.27. The fourth-order valence-electron chi connectivity index (χ4n) is 1.75. The van der Waals surface area contributed by atoms with E-state index in [4.69, 9.17) is 5.21 Å². The number of oxime groups is 1. The van der Waals surface area contributed by atoms with E-state index in [1.54, 1.807) is 11.3 Å². The monoisotopic (exact) mass is 270 g/mol. The summed E-state index contributed by atoms with van der Waals surface area (Å²) in [6.45, 7) is 3.15. The van der Waals surface area contributed by atoms with Crippen molar-refractivity contribution in [1.29, 1.82) is 0 Å². The highest BCUT2D eigenvalue weighted by Gasteiger charge is 2.17. The van der Waals surface area contributed by atoms with Gasteiger partial charge in [0.2, 0.25) is 5.52 Å². The lowest BCUT2D eigenvalue weighted by molar-refractivity contribution is -0.668. The minimum atomic E-state index is 0. The Balaban J connectivity index is 0.00000144. The Morgan fingerprint density at radius 2 is 2.18 bits per heavy atom. The largest absolute Gasteiger partial charge is 1.00 e. The average molecular weight is 271 g/mol. The van der Waals surface area contributed by atoms with E-state index in [1.165, 1.54) is 16.4 Å². The SMILES string of the molecule is CCCC[n+]1c(C=NO)sc2ccccc21.[Cl-]. The van der Waals surface area contributed by atoms with Gasteiger partial charge in [0.25, 0.3) is 5.01 Å². The van der Waals surface area contributed by atoms with Crippen molar-refractivity contribution < 1.29 is 22.2 Å². The highest BCUT2D eigenvalue weighted by molar-refractivity contribution is 7.19. The Hall–Kier alpha value is -1.13. The first-order valence-electron chi connectivity index (χ1n) is 5.45. The number of aromatic nitrogens is 1. The molecule has 3 nitrogen and oxygen atoms in total. The Kier molecular flexibility index (Phi) is 5.38. The van der Waals surface area contributed by atoms with Gasteiger partial charge in [0.1, 0.15) is 10.9 Å². The van der Waals surface area contributed by atoms with E-state index in [1.807, 2.05) is 12.1 Å². The van der Waals surface area contributed by atoms with Crippen LogP contribution in [0.25, 0.3) is 10.2 Å². The zero-order valence-corrected chi connectivity index (χ0v) is 11.2. The molecule has 1 aromatic heterocycles. The molecule has 17 heavy (non-hydrogen) atoms. The van der Waals surface area contributed by atoms with Gasteiger partial charge in [-0.25, -0.2) is 0 Å². The second-order valence-corrected chi connectivity index (χ2v) is 4.72. The van der Waals surface area contributed by atoms with E-state index < -0.39 is 0 Å². The molecule has 2 aromatic rings. The Morgan fingerprint density at radius 1 is 1.41 bits per heavy atom. The number of aryl methyl sites for hydroxylation is 1. The number of thiazole rings is 1. The third kappa shape index (κ3) is 2.96. The van der Waals surface area contributed by atoms with Crippen molar-refractivity contribution >= 4 is 27.8 Å². The van der Waals surface area contributed by atoms with Crippen LogP contribution in [-0.2, 0) is 6.54 Å². The lowest BCUT2D eigenvalue weighted by Crippen LogP contribution is -3.00. The molecule has 0 bridgehead atoms. The predicted octanol–water partition coefficient (Wildman–Crippen LogP) is -0.199. The summed E-state index contributed by atoms with van der Waals surface area (Å²) in [5.74, 6) is 0. The molecule has 1 heterocycles. The minimum Gasteiger partial charge on any atom is -1.00 e. The molecule has 0 atom stereocenters. The lowest BCUT2D eigenvalue weighted by atomic mass is 10.3. The molecule has 0 unspecified atom stereocenters. The molecule has 0 amide bonds. The highest BCUT2D eigenvalue weighted by Crippen LogP contribution is 2.19. The molecule has 0 aliphatic carbocycles. The second-order valence-electron chi connectivity index (χ2n) is 3.66. The quantitative estimate of drug-likeness (QED) is 0.355. The Labute approximate surface area is 111 Å². The van der Waals surface area contributed by atoms with Gasteiger partial charge in [0, 0.05) is 12.5 Å². The van der Waals surface area contributed by atoms with Crippen LogP contribution >= 0.6 is 11.3 Å². The van der Waals surface area contributed by atoms with Crippen molar-refractivity contribution in [2.45, 2.75) is 26.3 Å². The van der Waals surface area contributed by atoms with Crippen molar-refractivity contribution in [2.24, 2.45) is 5.16 Å². The van der Waals surface area contributed by atoms with Crippen molar-refractivity contribution in [1.82, 2.24) is 0 Å². The van der Waals surface area contributed by atoms with Crippen LogP contribution in [0.2, 0.25) is 0 Å². The van der Waals surface area contributed by atoms with Crippen LogP contribution in [0.3, 0.4) is 0 Å². The fourth-order valence-corrected chi connectivity index (χ4v) is 2.80. The zero-order chi connectivity index (χ0) is 11.4. The number of unbranched alkanes of at least 4 members (excludes halogenated alkanes) is 1. The Bertz CT molecular complexity index is 510. The van der Waals surface area contributed by atoms with E-state index in [0.717, 1.165) is 24.4 Å². The van der Waals surface area contributed by atoms with Crippen molar-refractivity contribution in [3.63, 3.8) is 0 Å². The van der Waals surface area contributed by atoms with Crippen LogP contribution < -0.4 is 17.0 Å². The van der Waals surface area contributed by atoms with Gasteiger partial charge in [-0.1, -0.05) is 42.0 Å². The number of nitrogens with zero attached hydrogens (tertiary/aromatic N) is 2. The van der Waals surface area contributed by atoms with E-state index >= 15 is 0 Å². The fraction of sp³-hybridized carbons (Fsp3) is 0.333. The molecular formula is C12H15ClN2OS. The normalized spacial score (nSPS) is 10.9. The van der Waals surface area contributed by atoms with Gasteiger partial charge < -0.3 is 17.6 Å². The minimum absolute atomic E-state index is 0. The number of para-hydroxylation sites is 1. The van der Waals surface area contributed by atoms with Crippen molar-refractivity contribution in [2.75, 3.05) is 0 Å². The van der Waals surface area contributed by atoms with Gasteiger partial charge in [-0.15, -0.1) is 0 Å². The van der Waals surface area contributed by atoms with Crippen LogP contribution in [0.4, 0.5) is 0 Å². The summed E-state index contributed by atoms with van der Waals surface area (Å²) in [5.41, 5.74) is 1.22. The molecule has 92 valence electrons. The lowest BCUT2D eigenvalue weighted by Gasteiger charge is -1.94. The van der Waals surface area contributed by atoms with Crippen LogP contribution in [0.5, 0.6) is 0 Å². The van der Waals surface area contributed by atoms with Gasteiger partial charge in [0.15, 0.2) is 6.54 Å². The summed E-state index contributed by atoms with van der Waals surface area (Å²) in [6.07, 6.45) is 3.81. The van der Waals surface area contributed by atoms with Gasteiger partial charge >= 0.3 is 0 Å². The van der Waals surface area contributed by atoms with E-state index in [9.17, 15) is 0 Å². The number of rotatable bonds is 4. The van der Waals surface area contributed by atoms with Crippen LogP contribution in [-0.4, -0.2) is 11.4 Å². The summed E-state index contributed by atoms with van der Waals surface area (Å²) in [7, 11) is 0. The molecule has 1 aromatic carbocycles. The van der Waals surface area contributed by atoms with Gasteiger partial charge in [-0.05, 0) is 6.07 Å². The smallest absolute Gasteiger partial charge is 0.284 e. The molecule has 0 spiro atoms. The molecule has 0 aliphatic rings. The maximum atomic E-state index is 8.66. The molecule has 0 saturated heterocycles. The topological polar surface area (TPSA) is 36.5 Å². The van der Waals surface area contributed by atoms with Crippen LogP contribution in [0, 0.1) is 0 Å². The summed E-state index contributed by atoms with van der Waals surface area (Å²) < 4.78 is 3.44. The first-order valence-corrected chi connectivity index (χ1v) is 6.27. The third-order valence-electron chi connectivity index (χ3n) is 2.54. The third-order valence-corrected chi connectivity index (χ3v) is 3.64. The van der Waals surface area contributed by atoms with E-state index in [0.29, 0.717) is 0 Å². The van der Waals surface area contributed by atoms with Gasteiger partial charge in [-0.3, -0.25) is 0 Å². The molecule has 1 N–H and O–H groups in total. The molecule has 5 heteroatoms. The molecule has 0 radical (unpaired) electrons. The van der Waals surface area contributed by atoms with Crippen LogP contribution in [0.15, 0.2) is 29.4 Å². The molecule has 0 aliphatic heterocycles. The molecular weight excluding hydrogens is 256 g/mol. The maximum Gasteiger partial charge on any atom is 0.284 e. The maximum absolute atomic E-state index is 8.66. The summed E-state index contributed by atoms with van der Waals surface area (Å²) in [4.78, 5) is 0. The first kappa shape index (κ1) is 13.9. The number of fused-ring (bicyclic) bond motifs is 1. The molecule has 2 rings (SSSR count). The predicted molar refractivity (Wildman–Crippen MR) is 66.3 cm³/mol. The average Bonchev–Trinajstić information content (AvgIpc) is 2.65. The van der Waals surface area contributed by atoms with Gasteiger partial charge in [0.05, 0.1) is 0 Å².